The van der Waals surface area contributed by atoms with Gasteiger partial charge in [0.05, 0.1) is 0 Å². The first-order valence-electron chi connectivity index (χ1n) is 4.47. The van der Waals surface area contributed by atoms with Crippen molar-refractivity contribution in [3.05, 3.63) is 35.4 Å². The second kappa shape index (κ2) is 4.46. The van der Waals surface area contributed by atoms with Gasteiger partial charge in [0, 0.05) is 0 Å². The molecular weight excluding hydrogens is 176 g/mol. The summed E-state index contributed by atoms with van der Waals surface area (Å²) in [5.74, 6) is 0.337. The Balaban J connectivity index is 2.95. The Morgan fingerprint density at radius 1 is 1.43 bits per heavy atom. The summed E-state index contributed by atoms with van der Waals surface area (Å²) in [6, 6.07) is 6.79. The highest BCUT2D eigenvalue weighted by atomic mass is 16.3. The number of hydrogen-bond donors (Lipinski definition) is 3. The molecule has 3 heteroatoms. The Morgan fingerprint density at radius 2 is 2.00 bits per heavy atom. The molecule has 0 radical (unpaired) electrons. The molecule has 0 bridgehead atoms. The highest BCUT2D eigenvalue weighted by Gasteiger charge is 1.98. The minimum atomic E-state index is 0.0978. The van der Waals surface area contributed by atoms with Crippen molar-refractivity contribution in [3.8, 4) is 5.75 Å². The molecule has 3 nitrogen and oxygen atoms in total. The van der Waals surface area contributed by atoms with E-state index >= 15 is 0 Å². The van der Waals surface area contributed by atoms with Crippen molar-refractivity contribution in [2.45, 2.75) is 13.3 Å². The van der Waals surface area contributed by atoms with Gasteiger partial charge in [-0.1, -0.05) is 19.1 Å². The molecule has 4 N–H and O–H groups in total. The van der Waals surface area contributed by atoms with Crippen LogP contribution in [0.15, 0.2) is 29.8 Å². The van der Waals surface area contributed by atoms with Crippen LogP contribution in [0.2, 0.25) is 0 Å². The van der Waals surface area contributed by atoms with E-state index in [1.54, 1.807) is 24.3 Å². The predicted octanol–water partition coefficient (Wildman–Crippen LogP) is 2.12. The molecule has 0 amide bonds. The molecule has 0 aliphatic heterocycles. The molecule has 0 saturated carbocycles. The summed E-state index contributed by atoms with van der Waals surface area (Å²) in [5.41, 5.74) is 7.13. The van der Waals surface area contributed by atoms with Crippen LogP contribution in [-0.4, -0.2) is 10.9 Å². The van der Waals surface area contributed by atoms with Crippen LogP contribution in [0.4, 0.5) is 0 Å². The van der Waals surface area contributed by atoms with Crippen molar-refractivity contribution in [1.29, 1.82) is 5.41 Å². The van der Waals surface area contributed by atoms with E-state index in [0.717, 1.165) is 17.6 Å². The van der Waals surface area contributed by atoms with Crippen LogP contribution < -0.4 is 5.73 Å². The fourth-order valence-corrected chi connectivity index (χ4v) is 1.14. The molecule has 0 atom stereocenters. The van der Waals surface area contributed by atoms with Gasteiger partial charge in [0.1, 0.15) is 11.6 Å². The Morgan fingerprint density at radius 3 is 2.43 bits per heavy atom. The van der Waals surface area contributed by atoms with Crippen molar-refractivity contribution in [2.75, 3.05) is 0 Å². The minimum Gasteiger partial charge on any atom is -0.508 e. The standard InChI is InChI=1S/C11H14N2O/c1-2-9(11(12)13)7-8-3-5-10(14)6-4-8/h3-7,14H,2H2,1H3,(H3,12,13)/b9-7+. The van der Waals surface area contributed by atoms with Gasteiger partial charge in [-0.2, -0.15) is 0 Å². The van der Waals surface area contributed by atoms with E-state index < -0.39 is 0 Å². The van der Waals surface area contributed by atoms with Crippen molar-refractivity contribution in [3.63, 3.8) is 0 Å². The van der Waals surface area contributed by atoms with E-state index in [1.807, 2.05) is 13.0 Å². The highest BCUT2D eigenvalue weighted by molar-refractivity contribution is 5.98. The van der Waals surface area contributed by atoms with E-state index in [9.17, 15) is 0 Å². The summed E-state index contributed by atoms with van der Waals surface area (Å²) in [7, 11) is 0. The lowest BCUT2D eigenvalue weighted by Gasteiger charge is -2.01. The van der Waals surface area contributed by atoms with Gasteiger partial charge in [-0.15, -0.1) is 0 Å². The lowest BCUT2D eigenvalue weighted by atomic mass is 10.1. The second-order valence-electron chi connectivity index (χ2n) is 3.03. The first kappa shape index (κ1) is 10.3. The average Bonchev–Trinajstić information content (AvgIpc) is 2.16. The molecule has 14 heavy (non-hydrogen) atoms. The van der Waals surface area contributed by atoms with Gasteiger partial charge in [-0.05, 0) is 35.8 Å². The van der Waals surface area contributed by atoms with E-state index in [2.05, 4.69) is 0 Å². The molecule has 0 aliphatic rings. The SMILES string of the molecule is CC/C(=C\c1ccc(O)cc1)C(=N)N. The minimum absolute atomic E-state index is 0.0978. The van der Waals surface area contributed by atoms with Crippen LogP contribution in [0, 0.1) is 5.41 Å². The van der Waals surface area contributed by atoms with Crippen molar-refractivity contribution in [2.24, 2.45) is 5.73 Å². The third-order valence-electron chi connectivity index (χ3n) is 1.96. The third kappa shape index (κ3) is 2.62. The first-order chi connectivity index (χ1) is 6.63. The Hall–Kier alpha value is -1.77. The van der Waals surface area contributed by atoms with E-state index in [-0.39, 0.29) is 11.6 Å². The molecule has 0 aliphatic carbocycles. The number of phenolic OH excluding ortho intramolecular Hbond substituents is 1. The number of phenols is 1. The summed E-state index contributed by atoms with van der Waals surface area (Å²) >= 11 is 0. The second-order valence-corrected chi connectivity index (χ2v) is 3.03. The van der Waals surface area contributed by atoms with Crippen LogP contribution in [-0.2, 0) is 0 Å². The lowest BCUT2D eigenvalue weighted by molar-refractivity contribution is 0.475. The van der Waals surface area contributed by atoms with Gasteiger partial charge >= 0.3 is 0 Å². The number of benzene rings is 1. The van der Waals surface area contributed by atoms with Crippen molar-refractivity contribution in [1.82, 2.24) is 0 Å². The number of nitrogens with one attached hydrogen (secondary N) is 1. The van der Waals surface area contributed by atoms with Gasteiger partial charge < -0.3 is 10.8 Å². The van der Waals surface area contributed by atoms with E-state index in [1.165, 1.54) is 0 Å². The monoisotopic (exact) mass is 190 g/mol. The van der Waals surface area contributed by atoms with E-state index in [4.69, 9.17) is 16.2 Å². The van der Waals surface area contributed by atoms with Crippen LogP contribution >= 0.6 is 0 Å². The van der Waals surface area contributed by atoms with Crippen LogP contribution in [0.25, 0.3) is 6.08 Å². The molecule has 0 saturated heterocycles. The predicted molar refractivity (Wildman–Crippen MR) is 58.3 cm³/mol. The van der Waals surface area contributed by atoms with Crippen LogP contribution in [0.1, 0.15) is 18.9 Å². The fraction of sp³-hybridized carbons (Fsp3) is 0.182. The maximum atomic E-state index is 9.07. The lowest BCUT2D eigenvalue weighted by Crippen LogP contribution is -2.11. The van der Waals surface area contributed by atoms with E-state index in [0.29, 0.717) is 0 Å². The van der Waals surface area contributed by atoms with Crippen molar-refractivity contribution >= 4 is 11.9 Å². The molecule has 0 heterocycles. The zero-order valence-corrected chi connectivity index (χ0v) is 8.12. The smallest absolute Gasteiger partial charge is 0.118 e. The van der Waals surface area contributed by atoms with Gasteiger partial charge in [-0.25, -0.2) is 0 Å². The first-order valence-corrected chi connectivity index (χ1v) is 4.47. The number of rotatable bonds is 3. The molecule has 1 aromatic carbocycles. The number of amidine groups is 1. The topological polar surface area (TPSA) is 70.1 Å². The Kier molecular flexibility index (Phi) is 3.29. The molecule has 74 valence electrons. The third-order valence-corrected chi connectivity index (χ3v) is 1.96. The summed E-state index contributed by atoms with van der Waals surface area (Å²) < 4.78 is 0. The summed E-state index contributed by atoms with van der Waals surface area (Å²) in [6.45, 7) is 1.95. The average molecular weight is 190 g/mol. The highest BCUT2D eigenvalue weighted by Crippen LogP contribution is 2.13. The molecule has 0 aromatic heterocycles. The molecule has 0 spiro atoms. The zero-order valence-electron chi connectivity index (χ0n) is 8.12. The van der Waals surface area contributed by atoms with Crippen LogP contribution in [0.5, 0.6) is 5.75 Å². The number of nitrogens with two attached hydrogens (primary N) is 1. The maximum absolute atomic E-state index is 9.07. The van der Waals surface area contributed by atoms with Gasteiger partial charge in [0.15, 0.2) is 0 Å². The Labute approximate surface area is 83.4 Å². The summed E-state index contributed by atoms with van der Waals surface area (Å²) in [5, 5.41) is 16.4. The molecule has 1 rings (SSSR count). The fourth-order valence-electron chi connectivity index (χ4n) is 1.14. The quantitative estimate of drug-likeness (QED) is 0.504. The van der Waals surface area contributed by atoms with Gasteiger partial charge in [-0.3, -0.25) is 5.41 Å². The van der Waals surface area contributed by atoms with Crippen LogP contribution in [0.3, 0.4) is 0 Å². The largest absolute Gasteiger partial charge is 0.508 e. The molecule has 0 unspecified atom stereocenters. The number of hydrogen-bond acceptors (Lipinski definition) is 2. The molecular formula is C11H14N2O. The summed E-state index contributed by atoms with van der Waals surface area (Å²) in [6.07, 6.45) is 2.58. The molecule has 0 fully saturated rings. The van der Waals surface area contributed by atoms with Gasteiger partial charge in [0.25, 0.3) is 0 Å². The maximum Gasteiger partial charge on any atom is 0.118 e. The Bertz CT molecular complexity index is 352. The normalized spacial score (nSPS) is 11.4. The molecule has 1 aromatic rings. The summed E-state index contributed by atoms with van der Waals surface area (Å²) in [4.78, 5) is 0. The van der Waals surface area contributed by atoms with Crippen molar-refractivity contribution < 1.29 is 5.11 Å². The van der Waals surface area contributed by atoms with Gasteiger partial charge in [0.2, 0.25) is 0 Å². The zero-order chi connectivity index (χ0) is 10.6. The number of aromatic hydroxyl groups is 1.